The minimum atomic E-state index is -1.03. The van der Waals surface area contributed by atoms with Crippen LogP contribution in [0.4, 0.5) is 5.69 Å². The molecule has 0 N–H and O–H groups in total. The van der Waals surface area contributed by atoms with Crippen LogP contribution in [0.1, 0.15) is 28.2 Å². The van der Waals surface area contributed by atoms with Gasteiger partial charge in [-0.2, -0.15) is 0 Å². The molecule has 3 aromatic rings. The smallest absolute Gasteiger partial charge is 0.240 e. The molecule has 1 fully saturated rings. The molecule has 2 atom stereocenters. The molecule has 142 valence electrons. The number of carbonyl (C=O) groups is 2. The Kier molecular flexibility index (Phi) is 3.61. The third kappa shape index (κ3) is 2.04. The van der Waals surface area contributed by atoms with E-state index >= 15 is 0 Å². The summed E-state index contributed by atoms with van der Waals surface area (Å²) in [6, 6.07) is 23.5. The number of rotatable bonds is 1. The van der Waals surface area contributed by atoms with E-state index in [0.717, 1.165) is 25.8 Å². The maximum atomic E-state index is 13.7. The van der Waals surface area contributed by atoms with E-state index in [1.165, 1.54) is 4.90 Å². The second-order valence-corrected chi connectivity index (χ2v) is 9.59. The SMILES string of the molecule is O=C1[C@@H]2C3c4ccccc4C(Cl)(c4ccccc43)[C@H]2C(=O)N1c1ccccc1I. The zero-order valence-electron chi connectivity index (χ0n) is 15.2. The lowest BCUT2D eigenvalue weighted by molar-refractivity contribution is -0.122. The van der Waals surface area contributed by atoms with Gasteiger partial charge in [-0.25, -0.2) is 4.90 Å². The Balaban J connectivity index is 1.64. The summed E-state index contributed by atoms with van der Waals surface area (Å²) in [6.07, 6.45) is 0. The van der Waals surface area contributed by atoms with Crippen LogP contribution in [0.25, 0.3) is 0 Å². The van der Waals surface area contributed by atoms with E-state index in [9.17, 15) is 9.59 Å². The first kappa shape index (κ1) is 17.7. The lowest BCUT2D eigenvalue weighted by atomic mass is 9.54. The van der Waals surface area contributed by atoms with Crippen molar-refractivity contribution in [2.45, 2.75) is 10.8 Å². The number of imide groups is 1. The summed E-state index contributed by atoms with van der Waals surface area (Å²) in [6.45, 7) is 0. The lowest BCUT2D eigenvalue weighted by Gasteiger charge is -2.50. The molecule has 3 nitrogen and oxygen atoms in total. The number of hydrogen-bond acceptors (Lipinski definition) is 2. The molecule has 1 saturated heterocycles. The highest BCUT2D eigenvalue weighted by atomic mass is 127. The van der Waals surface area contributed by atoms with Crippen LogP contribution in [0.2, 0.25) is 0 Å². The third-order valence-corrected chi connectivity index (χ3v) is 8.16. The van der Waals surface area contributed by atoms with Crippen LogP contribution in [-0.4, -0.2) is 11.8 Å². The molecule has 1 aliphatic heterocycles. The second-order valence-electron chi connectivity index (χ2n) is 7.83. The normalized spacial score (nSPS) is 28.9. The summed E-state index contributed by atoms with van der Waals surface area (Å²) in [5, 5.41) is 0. The average molecular weight is 512 g/mol. The molecule has 0 saturated carbocycles. The van der Waals surface area contributed by atoms with Crippen molar-refractivity contribution in [3.63, 3.8) is 0 Å². The number of benzene rings is 3. The number of alkyl halides is 1. The van der Waals surface area contributed by atoms with E-state index in [-0.39, 0.29) is 17.7 Å². The lowest BCUT2D eigenvalue weighted by Crippen LogP contribution is -2.50. The minimum Gasteiger partial charge on any atom is -0.274 e. The van der Waals surface area contributed by atoms with E-state index < -0.39 is 16.7 Å². The van der Waals surface area contributed by atoms with Crippen molar-refractivity contribution in [3.05, 3.63) is 98.6 Å². The molecule has 3 aliphatic carbocycles. The second kappa shape index (κ2) is 5.92. The molecule has 0 aromatic heterocycles. The average Bonchev–Trinajstić information content (AvgIpc) is 3.01. The fraction of sp³-hybridized carbons (Fsp3) is 0.167. The zero-order chi connectivity index (χ0) is 19.9. The van der Waals surface area contributed by atoms with Crippen molar-refractivity contribution in [1.29, 1.82) is 0 Å². The molecule has 4 aliphatic rings. The van der Waals surface area contributed by atoms with Crippen molar-refractivity contribution >= 4 is 51.7 Å². The quantitative estimate of drug-likeness (QED) is 0.261. The zero-order valence-corrected chi connectivity index (χ0v) is 18.1. The molecule has 5 heteroatoms. The number of hydrogen-bond donors (Lipinski definition) is 0. The molecule has 0 radical (unpaired) electrons. The fourth-order valence-electron chi connectivity index (χ4n) is 5.55. The van der Waals surface area contributed by atoms with E-state index in [0.29, 0.717) is 5.69 Å². The Hall–Kier alpha value is -2.18. The first-order chi connectivity index (χ1) is 14.0. The predicted octanol–water partition coefficient (Wildman–Crippen LogP) is 5.04. The molecule has 1 heterocycles. The van der Waals surface area contributed by atoms with Crippen molar-refractivity contribution < 1.29 is 9.59 Å². The van der Waals surface area contributed by atoms with Crippen LogP contribution in [-0.2, 0) is 14.5 Å². The number of halogens is 2. The van der Waals surface area contributed by atoms with Crippen molar-refractivity contribution in [1.82, 2.24) is 0 Å². The standard InChI is InChI=1S/C24H15ClINO2/c25-24-15-9-3-1-7-13(15)19(14-8-2-4-10-16(14)24)20-21(24)23(29)27(22(20)28)18-12-6-5-11-17(18)26/h1-12,19-21H/t19?,20-,21-,24?/m1/s1. The summed E-state index contributed by atoms with van der Waals surface area (Å²) in [7, 11) is 0. The molecule has 7 rings (SSSR count). The van der Waals surface area contributed by atoms with Crippen LogP contribution < -0.4 is 4.90 Å². The van der Waals surface area contributed by atoms with Gasteiger partial charge in [0.25, 0.3) is 0 Å². The number of amides is 2. The molecule has 2 bridgehead atoms. The van der Waals surface area contributed by atoms with Crippen LogP contribution in [0, 0.1) is 15.4 Å². The maximum absolute atomic E-state index is 13.7. The van der Waals surface area contributed by atoms with Crippen LogP contribution in [0.5, 0.6) is 0 Å². The highest BCUT2D eigenvalue weighted by molar-refractivity contribution is 14.1. The fourth-order valence-corrected chi connectivity index (χ4v) is 6.75. The summed E-state index contributed by atoms with van der Waals surface area (Å²) < 4.78 is 0.872. The predicted molar refractivity (Wildman–Crippen MR) is 120 cm³/mol. The van der Waals surface area contributed by atoms with Gasteiger partial charge in [-0.3, -0.25) is 9.59 Å². The van der Waals surface area contributed by atoms with E-state index in [1.54, 1.807) is 0 Å². The highest BCUT2D eigenvalue weighted by Gasteiger charge is 2.68. The van der Waals surface area contributed by atoms with Crippen molar-refractivity contribution in [2.75, 3.05) is 4.90 Å². The number of carbonyl (C=O) groups excluding carboxylic acids is 2. The van der Waals surface area contributed by atoms with E-state index in [1.807, 2.05) is 60.7 Å². The Morgan fingerprint density at radius 3 is 1.97 bits per heavy atom. The topological polar surface area (TPSA) is 37.4 Å². The first-order valence-electron chi connectivity index (χ1n) is 9.55. The van der Waals surface area contributed by atoms with E-state index in [2.05, 4.69) is 34.7 Å². The van der Waals surface area contributed by atoms with Crippen molar-refractivity contribution in [3.8, 4) is 0 Å². The number of para-hydroxylation sites is 1. The molecule has 2 amide bonds. The highest BCUT2D eigenvalue weighted by Crippen LogP contribution is 2.65. The summed E-state index contributed by atoms with van der Waals surface area (Å²) >= 11 is 9.59. The Morgan fingerprint density at radius 2 is 1.34 bits per heavy atom. The van der Waals surface area contributed by atoms with E-state index in [4.69, 9.17) is 11.6 Å². The van der Waals surface area contributed by atoms with Crippen LogP contribution >= 0.6 is 34.2 Å². The molecular formula is C24H15ClINO2. The van der Waals surface area contributed by atoms with Gasteiger partial charge in [0.1, 0.15) is 4.87 Å². The van der Waals surface area contributed by atoms with Gasteiger partial charge >= 0.3 is 0 Å². The Bertz CT molecular complexity index is 1180. The first-order valence-corrected chi connectivity index (χ1v) is 11.0. The molecule has 29 heavy (non-hydrogen) atoms. The minimum absolute atomic E-state index is 0.150. The van der Waals surface area contributed by atoms with Crippen molar-refractivity contribution in [2.24, 2.45) is 11.8 Å². The summed E-state index contributed by atoms with van der Waals surface area (Å²) in [5.41, 5.74) is 4.68. The third-order valence-electron chi connectivity index (χ3n) is 6.61. The van der Waals surface area contributed by atoms with Gasteiger partial charge in [0.05, 0.1) is 17.5 Å². The summed E-state index contributed by atoms with van der Waals surface area (Å²) in [5.74, 6) is -1.60. The van der Waals surface area contributed by atoms with Gasteiger partial charge in [0, 0.05) is 9.49 Å². The number of nitrogens with zero attached hydrogens (tertiary/aromatic N) is 1. The Morgan fingerprint density at radius 1 is 0.793 bits per heavy atom. The van der Waals surface area contributed by atoms with Gasteiger partial charge in [0.15, 0.2) is 0 Å². The maximum Gasteiger partial charge on any atom is 0.240 e. The largest absolute Gasteiger partial charge is 0.274 e. The van der Waals surface area contributed by atoms with Gasteiger partial charge < -0.3 is 0 Å². The van der Waals surface area contributed by atoms with Crippen LogP contribution in [0.3, 0.4) is 0 Å². The van der Waals surface area contributed by atoms with Gasteiger partial charge in [0.2, 0.25) is 11.8 Å². The van der Waals surface area contributed by atoms with Gasteiger partial charge in [-0.05, 0) is 57.0 Å². The molecular weight excluding hydrogens is 497 g/mol. The number of anilines is 1. The van der Waals surface area contributed by atoms with Gasteiger partial charge in [-0.1, -0.05) is 60.7 Å². The monoisotopic (exact) mass is 511 g/mol. The molecule has 3 aromatic carbocycles. The Labute approximate surface area is 186 Å². The van der Waals surface area contributed by atoms with Gasteiger partial charge in [-0.15, -0.1) is 11.6 Å². The molecule has 0 unspecified atom stereocenters. The summed E-state index contributed by atoms with van der Waals surface area (Å²) in [4.78, 5) is 27.8. The molecule has 0 spiro atoms. The van der Waals surface area contributed by atoms with Crippen LogP contribution in [0.15, 0.2) is 72.8 Å².